The zero-order valence-corrected chi connectivity index (χ0v) is 15.1. The van der Waals surface area contributed by atoms with Gasteiger partial charge < -0.3 is 15.2 Å². The summed E-state index contributed by atoms with van der Waals surface area (Å²) in [5.41, 5.74) is 6.51. The van der Waals surface area contributed by atoms with Crippen molar-refractivity contribution in [2.45, 2.75) is 58.5 Å². The van der Waals surface area contributed by atoms with E-state index in [-0.39, 0.29) is 22.3 Å². The van der Waals surface area contributed by atoms with Crippen LogP contribution in [0.4, 0.5) is 0 Å². The van der Waals surface area contributed by atoms with Gasteiger partial charge in [-0.25, -0.2) is 0 Å². The second-order valence-electron chi connectivity index (χ2n) is 8.25. The first kappa shape index (κ1) is 17.2. The molecule has 5 heteroatoms. The number of hydrogen-bond donors (Lipinski definition) is 1. The number of rotatable bonds is 4. The number of nitrogens with two attached hydrogens (primary N) is 1. The van der Waals surface area contributed by atoms with E-state index in [1.54, 1.807) is 0 Å². The Kier molecular flexibility index (Phi) is 4.27. The van der Waals surface area contributed by atoms with Gasteiger partial charge in [0.25, 0.3) is 0 Å². The highest BCUT2D eigenvalue weighted by atomic mass is 16.5. The lowest BCUT2D eigenvalue weighted by Crippen LogP contribution is -2.71. The van der Waals surface area contributed by atoms with Crippen LogP contribution in [-0.2, 0) is 14.3 Å². The highest BCUT2D eigenvalue weighted by Gasteiger charge is 2.73. The third kappa shape index (κ3) is 2.12. The molecule has 4 atom stereocenters. The molecule has 23 heavy (non-hydrogen) atoms. The first-order chi connectivity index (χ1) is 10.8. The minimum atomic E-state index is -0.588. The van der Waals surface area contributed by atoms with Gasteiger partial charge in [0.15, 0.2) is 0 Å². The van der Waals surface area contributed by atoms with Gasteiger partial charge in [0.1, 0.15) is 6.04 Å². The van der Waals surface area contributed by atoms with E-state index in [0.717, 1.165) is 39.1 Å². The Balaban J connectivity index is 2.03. The molecule has 3 fully saturated rings. The van der Waals surface area contributed by atoms with Gasteiger partial charge in [-0.3, -0.25) is 9.69 Å². The van der Waals surface area contributed by atoms with E-state index in [9.17, 15) is 4.79 Å². The molecule has 132 valence electrons. The number of morpholine rings is 1. The summed E-state index contributed by atoms with van der Waals surface area (Å²) < 4.78 is 10.9. The molecule has 2 bridgehead atoms. The molecule has 2 saturated carbocycles. The van der Waals surface area contributed by atoms with Gasteiger partial charge in [-0.1, -0.05) is 20.8 Å². The van der Waals surface area contributed by atoms with E-state index in [0.29, 0.717) is 12.5 Å². The summed E-state index contributed by atoms with van der Waals surface area (Å²) >= 11 is 0. The van der Waals surface area contributed by atoms with Crippen LogP contribution in [0.5, 0.6) is 0 Å². The van der Waals surface area contributed by atoms with Gasteiger partial charge in [-0.05, 0) is 42.9 Å². The van der Waals surface area contributed by atoms with Crippen molar-refractivity contribution in [2.75, 3.05) is 32.9 Å². The number of carbonyl (C=O) groups is 1. The van der Waals surface area contributed by atoms with Gasteiger partial charge in [-0.2, -0.15) is 0 Å². The topological polar surface area (TPSA) is 64.8 Å². The van der Waals surface area contributed by atoms with E-state index in [1.165, 1.54) is 6.42 Å². The lowest BCUT2D eigenvalue weighted by Gasteiger charge is -2.57. The van der Waals surface area contributed by atoms with Crippen molar-refractivity contribution in [2.24, 2.45) is 22.5 Å². The maximum atomic E-state index is 12.6. The number of fused-ring (bicyclic) bond motifs is 2. The molecule has 0 spiro atoms. The van der Waals surface area contributed by atoms with Crippen LogP contribution in [0.25, 0.3) is 0 Å². The standard InChI is InChI=1S/C18H32N2O3/c1-5-23-15(21)14(19)18(20-8-10-22-11-9-20)12-13-6-7-17(18,4)16(13,2)3/h13-14H,5-12,19H2,1-4H3/t13-,14-,17+,18+/m1/s1. The van der Waals surface area contributed by atoms with Crippen molar-refractivity contribution in [3.63, 3.8) is 0 Å². The van der Waals surface area contributed by atoms with Crippen LogP contribution in [0.2, 0.25) is 0 Å². The SMILES string of the molecule is CCOC(=O)[C@@H](N)[C@@]1(N2CCOCC2)C[C@H]2CC[C@@]1(C)C2(C)C. The van der Waals surface area contributed by atoms with E-state index < -0.39 is 6.04 Å². The largest absolute Gasteiger partial charge is 0.465 e. The summed E-state index contributed by atoms with van der Waals surface area (Å²) in [6.07, 6.45) is 3.37. The van der Waals surface area contributed by atoms with E-state index in [4.69, 9.17) is 15.2 Å². The van der Waals surface area contributed by atoms with Gasteiger partial charge in [0.2, 0.25) is 0 Å². The number of ether oxygens (including phenoxy) is 2. The average molecular weight is 324 g/mol. The van der Waals surface area contributed by atoms with E-state index in [1.807, 2.05) is 6.92 Å². The summed E-state index contributed by atoms with van der Waals surface area (Å²) in [6.45, 7) is 12.5. The normalized spacial score (nSPS) is 41.0. The number of hydrogen-bond acceptors (Lipinski definition) is 5. The molecule has 1 heterocycles. The molecule has 3 aliphatic rings. The summed E-state index contributed by atoms with van der Waals surface area (Å²) in [7, 11) is 0. The summed E-state index contributed by atoms with van der Waals surface area (Å²) in [4.78, 5) is 15.1. The minimum absolute atomic E-state index is 0.0220. The van der Waals surface area contributed by atoms with E-state index >= 15 is 0 Å². The van der Waals surface area contributed by atoms with Crippen molar-refractivity contribution >= 4 is 5.97 Å². The molecular formula is C18H32N2O3. The van der Waals surface area contributed by atoms with Crippen LogP contribution >= 0.6 is 0 Å². The summed E-state index contributed by atoms with van der Waals surface area (Å²) in [5.74, 6) is 0.374. The Morgan fingerprint density at radius 3 is 2.48 bits per heavy atom. The van der Waals surface area contributed by atoms with Crippen molar-refractivity contribution in [1.29, 1.82) is 0 Å². The van der Waals surface area contributed by atoms with Crippen LogP contribution in [0.1, 0.15) is 47.0 Å². The second kappa shape index (κ2) is 5.71. The monoisotopic (exact) mass is 324 g/mol. The average Bonchev–Trinajstić information content (AvgIpc) is 2.87. The first-order valence-corrected chi connectivity index (χ1v) is 9.06. The molecule has 0 unspecified atom stereocenters. The Morgan fingerprint density at radius 1 is 1.35 bits per heavy atom. The number of nitrogens with zero attached hydrogens (tertiary/aromatic N) is 1. The first-order valence-electron chi connectivity index (χ1n) is 9.06. The van der Waals surface area contributed by atoms with Crippen molar-refractivity contribution in [3.05, 3.63) is 0 Å². The van der Waals surface area contributed by atoms with Crippen molar-refractivity contribution in [3.8, 4) is 0 Å². The maximum Gasteiger partial charge on any atom is 0.324 e. The highest BCUT2D eigenvalue weighted by molar-refractivity contribution is 5.78. The molecule has 2 aliphatic carbocycles. The predicted octanol–water partition coefficient (Wildman–Crippen LogP) is 1.79. The quantitative estimate of drug-likeness (QED) is 0.799. The Morgan fingerprint density at radius 2 is 2.00 bits per heavy atom. The molecule has 1 aliphatic heterocycles. The smallest absolute Gasteiger partial charge is 0.324 e. The lowest BCUT2D eigenvalue weighted by molar-refractivity contribution is -0.159. The molecule has 1 saturated heterocycles. The fraction of sp³-hybridized carbons (Fsp3) is 0.944. The Bertz CT molecular complexity index is 475. The summed E-state index contributed by atoms with van der Waals surface area (Å²) in [6, 6.07) is -0.588. The van der Waals surface area contributed by atoms with E-state index in [2.05, 4.69) is 25.7 Å². The fourth-order valence-electron chi connectivity index (χ4n) is 5.86. The van der Waals surface area contributed by atoms with Gasteiger partial charge in [-0.15, -0.1) is 0 Å². The molecule has 5 nitrogen and oxygen atoms in total. The lowest BCUT2D eigenvalue weighted by atomic mass is 9.59. The molecular weight excluding hydrogens is 292 g/mol. The second-order valence-corrected chi connectivity index (χ2v) is 8.25. The van der Waals surface area contributed by atoms with Crippen LogP contribution in [-0.4, -0.2) is 55.4 Å². The number of esters is 1. The van der Waals surface area contributed by atoms with Crippen LogP contribution in [0, 0.1) is 16.7 Å². The van der Waals surface area contributed by atoms with Crippen molar-refractivity contribution < 1.29 is 14.3 Å². The zero-order valence-electron chi connectivity index (χ0n) is 15.1. The molecule has 0 amide bonds. The third-order valence-corrected chi connectivity index (χ3v) is 7.58. The van der Waals surface area contributed by atoms with Crippen molar-refractivity contribution in [1.82, 2.24) is 4.90 Å². The predicted molar refractivity (Wildman–Crippen MR) is 89.0 cm³/mol. The molecule has 3 rings (SSSR count). The van der Waals surface area contributed by atoms with Gasteiger partial charge >= 0.3 is 5.97 Å². The molecule has 0 aromatic rings. The molecule has 0 aromatic carbocycles. The maximum absolute atomic E-state index is 12.6. The highest BCUT2D eigenvalue weighted by Crippen LogP contribution is 2.71. The molecule has 0 radical (unpaired) electrons. The van der Waals surface area contributed by atoms with Crippen LogP contribution in [0.3, 0.4) is 0 Å². The van der Waals surface area contributed by atoms with Crippen LogP contribution in [0.15, 0.2) is 0 Å². The minimum Gasteiger partial charge on any atom is -0.465 e. The molecule has 2 N–H and O–H groups in total. The Hall–Kier alpha value is -0.650. The van der Waals surface area contributed by atoms with Gasteiger partial charge in [0, 0.05) is 13.1 Å². The Labute approximate surface area is 139 Å². The molecule has 0 aromatic heterocycles. The number of carbonyl (C=O) groups excluding carboxylic acids is 1. The summed E-state index contributed by atoms with van der Waals surface area (Å²) in [5, 5.41) is 0. The van der Waals surface area contributed by atoms with Gasteiger partial charge in [0.05, 0.1) is 25.4 Å². The fourth-order valence-corrected chi connectivity index (χ4v) is 5.86. The third-order valence-electron chi connectivity index (χ3n) is 7.58. The van der Waals surface area contributed by atoms with Crippen LogP contribution < -0.4 is 5.73 Å². The zero-order chi connectivity index (χ0) is 16.9.